The van der Waals surface area contributed by atoms with Crippen molar-refractivity contribution >= 4 is 27.3 Å². The summed E-state index contributed by atoms with van der Waals surface area (Å²) < 4.78 is 33.1. The number of nitrogens with one attached hydrogen (secondary N) is 1. The first-order valence-electron chi connectivity index (χ1n) is 11.1. The number of methoxy groups -OCH3 is 1. The first kappa shape index (κ1) is 21.7. The lowest BCUT2D eigenvalue weighted by Gasteiger charge is -2.31. The molecule has 166 valence electrons. The number of rotatable bonds is 6. The molecule has 1 aliphatic carbocycles. The van der Waals surface area contributed by atoms with Gasteiger partial charge in [-0.1, -0.05) is 19.3 Å². The standard InChI is InChI=1S/C24H30N2O4S/c1-30-21-10-12-22(13-11-21)31(28,29)26-15-5-8-19-17-20(9-14-23(19)26)25-24(27)16-18-6-3-2-4-7-18/h9-14,17-18H,2-8,15-16H2,1H3,(H,25,27). The number of anilines is 2. The number of carbonyl (C=O) groups is 1. The van der Waals surface area contributed by atoms with Crippen molar-refractivity contribution in [1.82, 2.24) is 0 Å². The Morgan fingerprint density at radius 1 is 1.06 bits per heavy atom. The van der Waals surface area contributed by atoms with Gasteiger partial charge in [0.05, 0.1) is 17.7 Å². The zero-order chi connectivity index (χ0) is 21.8. The molecule has 0 spiro atoms. The van der Waals surface area contributed by atoms with Gasteiger partial charge in [-0.05, 0) is 79.6 Å². The molecule has 0 saturated heterocycles. The van der Waals surface area contributed by atoms with E-state index >= 15 is 0 Å². The second-order valence-corrected chi connectivity index (χ2v) is 10.3. The molecule has 1 aliphatic heterocycles. The van der Waals surface area contributed by atoms with Crippen LogP contribution in [0.5, 0.6) is 5.75 Å². The summed E-state index contributed by atoms with van der Waals surface area (Å²) in [4.78, 5) is 12.7. The summed E-state index contributed by atoms with van der Waals surface area (Å²) in [7, 11) is -2.11. The van der Waals surface area contributed by atoms with E-state index in [1.165, 1.54) is 23.6 Å². The van der Waals surface area contributed by atoms with Gasteiger partial charge in [0.15, 0.2) is 0 Å². The van der Waals surface area contributed by atoms with E-state index in [1.54, 1.807) is 37.4 Å². The van der Waals surface area contributed by atoms with Crippen LogP contribution in [-0.2, 0) is 21.2 Å². The van der Waals surface area contributed by atoms with E-state index in [1.807, 2.05) is 12.1 Å². The molecule has 7 heteroatoms. The molecule has 0 bridgehead atoms. The van der Waals surface area contributed by atoms with Crippen molar-refractivity contribution in [2.75, 3.05) is 23.3 Å². The van der Waals surface area contributed by atoms with Gasteiger partial charge in [0.1, 0.15) is 5.75 Å². The number of amides is 1. The third-order valence-corrected chi connectivity index (χ3v) is 8.11. The molecule has 0 atom stereocenters. The average molecular weight is 443 g/mol. The highest BCUT2D eigenvalue weighted by Crippen LogP contribution is 2.34. The minimum absolute atomic E-state index is 0.0466. The Morgan fingerprint density at radius 3 is 2.52 bits per heavy atom. The van der Waals surface area contributed by atoms with Gasteiger partial charge >= 0.3 is 0 Å². The third-order valence-electron chi connectivity index (χ3n) is 6.29. The smallest absolute Gasteiger partial charge is 0.264 e. The highest BCUT2D eigenvalue weighted by molar-refractivity contribution is 7.92. The lowest BCUT2D eigenvalue weighted by Crippen LogP contribution is -2.35. The summed E-state index contributed by atoms with van der Waals surface area (Å²) in [6.45, 7) is 0.439. The number of ether oxygens (including phenoxy) is 1. The van der Waals surface area contributed by atoms with E-state index in [9.17, 15) is 13.2 Å². The molecule has 31 heavy (non-hydrogen) atoms. The van der Waals surface area contributed by atoms with Crippen molar-refractivity contribution < 1.29 is 17.9 Å². The summed E-state index contributed by atoms with van der Waals surface area (Å²) in [6, 6.07) is 12.0. The van der Waals surface area contributed by atoms with Crippen LogP contribution in [0.2, 0.25) is 0 Å². The number of hydrogen-bond acceptors (Lipinski definition) is 4. The van der Waals surface area contributed by atoms with Crippen LogP contribution in [0.25, 0.3) is 0 Å². The molecular formula is C24H30N2O4S. The Balaban J connectivity index is 1.50. The van der Waals surface area contributed by atoms with Gasteiger partial charge < -0.3 is 10.1 Å². The van der Waals surface area contributed by atoms with Gasteiger partial charge in [-0.3, -0.25) is 9.10 Å². The number of hydrogen-bond donors (Lipinski definition) is 1. The van der Waals surface area contributed by atoms with Crippen molar-refractivity contribution in [3.63, 3.8) is 0 Å². The van der Waals surface area contributed by atoms with Crippen molar-refractivity contribution in [3.8, 4) is 5.75 Å². The molecule has 0 unspecified atom stereocenters. The Labute approximate surface area is 184 Å². The van der Waals surface area contributed by atoms with Crippen molar-refractivity contribution in [1.29, 1.82) is 0 Å². The number of nitrogens with zero attached hydrogens (tertiary/aromatic N) is 1. The molecule has 1 amide bonds. The van der Waals surface area contributed by atoms with Gasteiger partial charge in [0, 0.05) is 18.7 Å². The van der Waals surface area contributed by atoms with Crippen molar-refractivity contribution in [2.45, 2.75) is 56.3 Å². The third kappa shape index (κ3) is 4.87. The number of aryl methyl sites for hydroxylation is 1. The molecule has 1 saturated carbocycles. The van der Waals surface area contributed by atoms with E-state index in [2.05, 4.69) is 5.32 Å². The molecule has 0 aromatic heterocycles. The number of fused-ring (bicyclic) bond motifs is 1. The van der Waals surface area contributed by atoms with Crippen LogP contribution >= 0.6 is 0 Å². The fraction of sp³-hybridized carbons (Fsp3) is 0.458. The fourth-order valence-electron chi connectivity index (χ4n) is 4.63. The molecule has 1 N–H and O–H groups in total. The number of carbonyl (C=O) groups excluding carboxylic acids is 1. The average Bonchev–Trinajstić information content (AvgIpc) is 2.79. The van der Waals surface area contributed by atoms with Crippen molar-refractivity contribution in [2.24, 2.45) is 5.92 Å². The summed E-state index contributed by atoms with van der Waals surface area (Å²) in [6.07, 6.45) is 8.07. The fourth-order valence-corrected chi connectivity index (χ4v) is 6.17. The van der Waals surface area contributed by atoms with Gasteiger partial charge in [0.2, 0.25) is 5.91 Å². The van der Waals surface area contributed by atoms with Gasteiger partial charge in [-0.15, -0.1) is 0 Å². The minimum Gasteiger partial charge on any atom is -0.497 e. The largest absolute Gasteiger partial charge is 0.497 e. The van der Waals surface area contributed by atoms with E-state index in [4.69, 9.17) is 4.74 Å². The first-order valence-corrected chi connectivity index (χ1v) is 12.5. The molecule has 2 aliphatic rings. The molecule has 2 aromatic rings. The maximum absolute atomic E-state index is 13.2. The van der Waals surface area contributed by atoms with Gasteiger partial charge in [-0.25, -0.2) is 8.42 Å². The second kappa shape index (κ2) is 9.30. The van der Waals surface area contributed by atoms with Gasteiger partial charge in [-0.2, -0.15) is 0 Å². The highest BCUT2D eigenvalue weighted by atomic mass is 32.2. The summed E-state index contributed by atoms with van der Waals surface area (Å²) in [5.41, 5.74) is 2.37. The lowest BCUT2D eigenvalue weighted by molar-refractivity contribution is -0.117. The monoisotopic (exact) mass is 442 g/mol. The quantitative estimate of drug-likeness (QED) is 0.701. The summed E-state index contributed by atoms with van der Waals surface area (Å²) in [5, 5.41) is 3.02. The van der Waals surface area contributed by atoms with Crippen molar-refractivity contribution in [3.05, 3.63) is 48.0 Å². The topological polar surface area (TPSA) is 75.7 Å². The van der Waals surface area contributed by atoms with Crippen LogP contribution in [-0.4, -0.2) is 28.0 Å². The lowest BCUT2D eigenvalue weighted by atomic mass is 9.87. The summed E-state index contributed by atoms with van der Waals surface area (Å²) in [5.74, 6) is 1.15. The highest BCUT2D eigenvalue weighted by Gasteiger charge is 2.29. The number of sulfonamides is 1. The predicted octanol–water partition coefficient (Wildman–Crippen LogP) is 4.75. The van der Waals surface area contributed by atoms with Gasteiger partial charge in [0.25, 0.3) is 10.0 Å². The molecule has 4 rings (SSSR count). The zero-order valence-electron chi connectivity index (χ0n) is 18.0. The van der Waals surface area contributed by atoms with Crippen LogP contribution in [0, 0.1) is 5.92 Å². The first-order chi connectivity index (χ1) is 15.0. The second-order valence-electron chi connectivity index (χ2n) is 8.46. The van der Waals surface area contributed by atoms with E-state index in [0.717, 1.165) is 36.9 Å². The molecular weight excluding hydrogens is 412 g/mol. The van der Waals surface area contributed by atoms with Crippen LogP contribution in [0.3, 0.4) is 0 Å². The number of benzene rings is 2. The van der Waals surface area contributed by atoms with Crippen LogP contribution in [0.1, 0.15) is 50.5 Å². The molecule has 2 aromatic carbocycles. The Hall–Kier alpha value is -2.54. The zero-order valence-corrected chi connectivity index (χ0v) is 18.8. The van der Waals surface area contributed by atoms with E-state index < -0.39 is 10.0 Å². The molecule has 1 heterocycles. The Bertz CT molecular complexity index is 1030. The molecule has 6 nitrogen and oxygen atoms in total. The SMILES string of the molecule is COc1ccc(S(=O)(=O)N2CCCc3cc(NC(=O)CC4CCCCC4)ccc32)cc1. The van der Waals surface area contributed by atoms with Crippen LogP contribution < -0.4 is 14.4 Å². The molecule has 0 radical (unpaired) electrons. The Morgan fingerprint density at radius 2 is 1.81 bits per heavy atom. The Kier molecular flexibility index (Phi) is 6.51. The maximum atomic E-state index is 13.2. The molecule has 1 fully saturated rings. The van der Waals surface area contributed by atoms with Crippen LogP contribution in [0.15, 0.2) is 47.4 Å². The van der Waals surface area contributed by atoms with E-state index in [-0.39, 0.29) is 10.8 Å². The predicted molar refractivity (Wildman–Crippen MR) is 122 cm³/mol. The maximum Gasteiger partial charge on any atom is 0.264 e. The van der Waals surface area contributed by atoms with Crippen LogP contribution in [0.4, 0.5) is 11.4 Å². The van der Waals surface area contributed by atoms with E-state index in [0.29, 0.717) is 30.3 Å². The minimum atomic E-state index is -3.67. The summed E-state index contributed by atoms with van der Waals surface area (Å²) >= 11 is 0. The normalized spacial score (nSPS) is 17.1.